The third kappa shape index (κ3) is 10.9. The molecule has 0 atom stereocenters. The van der Waals surface area contributed by atoms with E-state index in [9.17, 15) is 0 Å². The lowest BCUT2D eigenvalue weighted by molar-refractivity contribution is 0.465. The summed E-state index contributed by atoms with van der Waals surface area (Å²) < 4.78 is 92.8. The molecule has 0 saturated heterocycles. The van der Waals surface area contributed by atoms with Crippen LogP contribution in [0.2, 0.25) is 0 Å². The molecule has 0 unspecified atom stereocenters. The number of para-hydroxylation sites is 10. The highest BCUT2D eigenvalue weighted by Crippen LogP contribution is 2.56. The summed E-state index contributed by atoms with van der Waals surface area (Å²) in [5, 5.41) is 2.09. The Labute approximate surface area is 721 Å². The van der Waals surface area contributed by atoms with E-state index in [-0.39, 0.29) is 11.4 Å². The van der Waals surface area contributed by atoms with Crippen molar-refractivity contribution in [1.29, 1.82) is 0 Å². The van der Waals surface area contributed by atoms with Crippen molar-refractivity contribution in [2.75, 3.05) is 34.3 Å². The first-order valence-electron chi connectivity index (χ1n) is 41.4. The van der Waals surface area contributed by atoms with E-state index in [1.807, 2.05) is 133 Å². The maximum absolute atomic E-state index is 18.3. The molecule has 0 saturated carbocycles. The third-order valence-electron chi connectivity index (χ3n) is 25.0. The van der Waals surface area contributed by atoms with Crippen LogP contribution in [0.4, 0.5) is 137 Å². The first kappa shape index (κ1) is 71.7. The van der Waals surface area contributed by atoms with Crippen molar-refractivity contribution < 1.29 is 27.0 Å². The molecule has 9 nitrogen and oxygen atoms in total. The summed E-state index contributed by atoms with van der Waals surface area (Å²) >= 11 is 3.44. The quantitative estimate of drug-likeness (QED) is 0.0829. The van der Waals surface area contributed by atoms with Gasteiger partial charge in [-0.2, -0.15) is 0 Å². The second-order valence-electron chi connectivity index (χ2n) is 31.8. The molecule has 0 amide bonds. The molecule has 8 heterocycles. The minimum atomic E-state index is -0.764. The normalized spacial score (nSPS) is 13.2. The SMILES string of the molecule is Fc1cccc(F)c1N1c2cc3c(cc2B2c4sc5ccccc5c4N(c4ccccc4)c4cc(N(c5ccccc5)c5ccccc5)cc1c42)B1c2cc4c(cc2Oc2cc(N(c5ccccc5)c5ccccc5)cc(c21)O3)N(c1c(F)cccc1F)c1cc(N(c2ccccc2)c2ccccc2)cc2c1B4c1sc3ccccc3c1N2c1ccccc1. The highest BCUT2D eigenvalue weighted by molar-refractivity contribution is 7.34. The Morgan fingerprint density at radius 3 is 0.847 bits per heavy atom. The van der Waals surface area contributed by atoms with Crippen molar-refractivity contribution >= 4 is 230 Å². The first-order chi connectivity index (χ1) is 61.2. The number of halogens is 4. The Kier molecular flexibility index (Phi) is 16.3. The lowest BCUT2D eigenvalue weighted by Crippen LogP contribution is -2.64. The molecule has 124 heavy (non-hydrogen) atoms. The summed E-state index contributed by atoms with van der Waals surface area (Å²) in [7, 11) is 0. The van der Waals surface area contributed by atoms with Crippen LogP contribution in [0, 0.1) is 23.3 Å². The van der Waals surface area contributed by atoms with Crippen molar-refractivity contribution in [2.24, 2.45) is 0 Å². The minimum Gasteiger partial charge on any atom is -0.458 e. The van der Waals surface area contributed by atoms with Gasteiger partial charge in [-0.3, -0.25) is 0 Å². The van der Waals surface area contributed by atoms with Gasteiger partial charge in [0, 0.05) is 139 Å². The van der Waals surface area contributed by atoms with Gasteiger partial charge in [0.15, 0.2) is 0 Å². The molecule has 6 aliphatic rings. The van der Waals surface area contributed by atoms with Gasteiger partial charge in [0.2, 0.25) is 0 Å². The van der Waals surface area contributed by atoms with Crippen LogP contribution in [0.15, 0.2) is 388 Å². The Hall–Kier alpha value is -15.2. The fourth-order valence-corrected chi connectivity index (χ4v) is 22.7. The summed E-state index contributed by atoms with van der Waals surface area (Å²) in [4.78, 5) is 14.9. The Bertz CT molecular complexity index is 7020. The predicted octanol–water partition coefficient (Wildman–Crippen LogP) is 24.0. The average Bonchev–Trinajstić information content (AvgIpc) is 1.19. The van der Waals surface area contributed by atoms with Crippen LogP contribution in [0.1, 0.15) is 0 Å². The van der Waals surface area contributed by atoms with Crippen LogP contribution in [-0.4, -0.2) is 20.1 Å². The van der Waals surface area contributed by atoms with E-state index in [1.54, 1.807) is 32.5 Å². The Morgan fingerprint density at radius 1 is 0.226 bits per heavy atom. The molecule has 0 bridgehead atoms. The number of thiophene rings is 2. The highest BCUT2D eigenvalue weighted by Gasteiger charge is 2.53. The van der Waals surface area contributed by atoms with E-state index < -0.39 is 43.4 Å². The number of nitrogens with zero attached hydrogens (tertiary/aromatic N) is 7. The standard InChI is InChI=1S/C106H64B3F4N7O2S2/c110-82-49-29-50-83(111)103(82)119-86-63-92-80(61-78(86)108-98-88(117(71-43-21-7-22-44-71)101-76-47-25-27-53-96(76)123-105(101)108)55-73(57-90(98)119)114(65-31-9-1-10-32-65)66-33-11-2-12-34-66)107-81-62-79-87(64-93(81)122-95-60-75(59-94(121-92)100(95)107)116(69-39-17-5-18-40-69)70-41-19-6-20-42-70)120(104-84(112)51-30-52-85(104)113)91-58-74(115(67-35-13-3-14-36-67)68-37-15-4-16-38-68)56-89-99(91)109(79)106-102(77-48-26-28-54-97(77)124-106)118(89)72-45-23-8-24-46-72/h1-64H. The molecule has 2 aromatic heterocycles. The molecule has 0 radical (unpaired) electrons. The van der Waals surface area contributed by atoms with Crippen LogP contribution in [-0.2, 0) is 0 Å². The van der Waals surface area contributed by atoms with Gasteiger partial charge in [0.25, 0.3) is 20.1 Å². The number of benzene rings is 17. The number of fused-ring (bicyclic) bond motifs is 16. The summed E-state index contributed by atoms with van der Waals surface area (Å²) in [6, 6.07) is 129. The topological polar surface area (TPSA) is 41.1 Å². The molecule has 25 rings (SSSR count). The zero-order valence-electron chi connectivity index (χ0n) is 66.0. The molecule has 19 aromatic rings. The Morgan fingerprint density at radius 2 is 0.516 bits per heavy atom. The van der Waals surface area contributed by atoms with Gasteiger partial charge in [-0.15, -0.1) is 22.7 Å². The maximum atomic E-state index is 18.3. The zero-order valence-corrected chi connectivity index (χ0v) is 67.6. The molecule has 0 fully saturated rings. The van der Waals surface area contributed by atoms with Gasteiger partial charge in [-0.05, 0) is 191 Å². The number of hydrogen-bond donors (Lipinski definition) is 0. The molecule has 17 aromatic carbocycles. The molecule has 18 heteroatoms. The van der Waals surface area contributed by atoms with Crippen molar-refractivity contribution in [3.05, 3.63) is 412 Å². The Balaban J connectivity index is 0.796. The fraction of sp³-hybridized carbons (Fsp3) is 0. The van der Waals surface area contributed by atoms with Crippen LogP contribution >= 0.6 is 22.7 Å². The first-order valence-corrected chi connectivity index (χ1v) is 43.0. The minimum absolute atomic E-state index is 0.263. The fourth-order valence-electron chi connectivity index (χ4n) is 20.1. The lowest BCUT2D eigenvalue weighted by atomic mass is 9.31. The summed E-state index contributed by atoms with van der Waals surface area (Å²) in [5.74, 6) is -1.22. The van der Waals surface area contributed by atoms with E-state index in [4.69, 9.17) is 9.47 Å². The molecule has 584 valence electrons. The average molecular weight is 1640 g/mol. The van der Waals surface area contributed by atoms with Crippen LogP contribution in [0.3, 0.4) is 0 Å². The smallest absolute Gasteiger partial charge is 0.264 e. The monoisotopic (exact) mass is 1640 g/mol. The van der Waals surface area contributed by atoms with Crippen molar-refractivity contribution in [1.82, 2.24) is 0 Å². The largest absolute Gasteiger partial charge is 0.458 e. The molecular formula is C106H64B3F4N7O2S2. The van der Waals surface area contributed by atoms with E-state index in [2.05, 4.69) is 243 Å². The molecule has 0 aliphatic carbocycles. The zero-order chi connectivity index (χ0) is 82.1. The van der Waals surface area contributed by atoms with Crippen LogP contribution in [0.5, 0.6) is 23.0 Å². The van der Waals surface area contributed by atoms with Crippen molar-refractivity contribution in [3.63, 3.8) is 0 Å². The van der Waals surface area contributed by atoms with Gasteiger partial charge in [0.05, 0.1) is 28.4 Å². The number of anilines is 21. The van der Waals surface area contributed by atoms with E-state index >= 15 is 17.6 Å². The highest BCUT2D eigenvalue weighted by atomic mass is 32.1. The van der Waals surface area contributed by atoms with Gasteiger partial charge in [0.1, 0.15) is 57.6 Å². The van der Waals surface area contributed by atoms with Gasteiger partial charge in [-0.25, -0.2) is 17.6 Å². The molecule has 6 aliphatic heterocycles. The second kappa shape index (κ2) is 28.2. The number of hydrogen-bond acceptors (Lipinski definition) is 11. The van der Waals surface area contributed by atoms with Crippen molar-refractivity contribution in [2.45, 2.75) is 0 Å². The van der Waals surface area contributed by atoms with Crippen LogP contribution < -0.4 is 91.6 Å². The summed E-state index contributed by atoms with van der Waals surface area (Å²) in [5.41, 5.74) is 19.9. The summed E-state index contributed by atoms with van der Waals surface area (Å²) in [6.45, 7) is -1.89. The molecular weight excluding hydrogens is 1580 g/mol. The van der Waals surface area contributed by atoms with Crippen LogP contribution in [0.25, 0.3) is 20.2 Å². The van der Waals surface area contributed by atoms with Gasteiger partial charge < -0.3 is 43.8 Å². The molecule has 0 spiro atoms. The summed E-state index contributed by atoms with van der Waals surface area (Å²) in [6.07, 6.45) is 0. The molecule has 0 N–H and O–H groups in total. The van der Waals surface area contributed by atoms with Gasteiger partial charge >= 0.3 is 0 Å². The van der Waals surface area contributed by atoms with Gasteiger partial charge in [-0.1, -0.05) is 206 Å². The maximum Gasteiger partial charge on any atom is 0.264 e. The number of rotatable bonds is 13. The number of ether oxygens (including phenoxy) is 2. The van der Waals surface area contributed by atoms with E-state index in [0.717, 1.165) is 148 Å². The second-order valence-corrected chi connectivity index (χ2v) is 34.0. The van der Waals surface area contributed by atoms with Crippen molar-refractivity contribution in [3.8, 4) is 23.0 Å². The van der Waals surface area contributed by atoms with E-state index in [0.29, 0.717) is 51.4 Å². The predicted molar refractivity (Wildman–Crippen MR) is 507 cm³/mol. The lowest BCUT2D eigenvalue weighted by Gasteiger charge is -2.45. The third-order valence-corrected chi connectivity index (χ3v) is 27.5. The van der Waals surface area contributed by atoms with E-state index in [1.165, 1.54) is 36.4 Å².